The van der Waals surface area contributed by atoms with Gasteiger partial charge in [-0.15, -0.1) is 0 Å². The van der Waals surface area contributed by atoms with Gasteiger partial charge in [0, 0.05) is 19.1 Å². The molecule has 0 amide bonds. The van der Waals surface area contributed by atoms with Crippen molar-refractivity contribution in [2.24, 2.45) is 11.7 Å². The van der Waals surface area contributed by atoms with Gasteiger partial charge in [0.1, 0.15) is 4.90 Å². The lowest BCUT2D eigenvalue weighted by Gasteiger charge is -2.34. The maximum absolute atomic E-state index is 12.7. The topological polar surface area (TPSA) is 63.4 Å². The maximum Gasteiger partial charge on any atom is 0.416 e. The lowest BCUT2D eigenvalue weighted by atomic mass is 9.93. The first-order valence-corrected chi connectivity index (χ1v) is 8.97. The molecule has 1 heterocycles. The summed E-state index contributed by atoms with van der Waals surface area (Å²) in [7, 11) is -3.94. The molecule has 2 rings (SSSR count). The normalized spacial score (nSPS) is 22.1. The van der Waals surface area contributed by atoms with Crippen molar-refractivity contribution in [2.75, 3.05) is 13.1 Å². The summed E-state index contributed by atoms with van der Waals surface area (Å²) in [6.07, 6.45) is -3.09. The SMILES string of the molecule is CC(N)C1CCCN(S(=O)(=O)c2ccc(C(F)(F)F)cc2Cl)C1. The molecule has 0 spiro atoms. The molecular formula is C14H18ClF3N2O2S. The number of sulfonamides is 1. The number of halogens is 4. The van der Waals surface area contributed by atoms with Gasteiger partial charge in [-0.3, -0.25) is 0 Å². The van der Waals surface area contributed by atoms with Crippen LogP contribution in [0.15, 0.2) is 23.1 Å². The highest BCUT2D eigenvalue weighted by atomic mass is 35.5. The van der Waals surface area contributed by atoms with E-state index in [9.17, 15) is 21.6 Å². The van der Waals surface area contributed by atoms with Crippen molar-refractivity contribution in [1.82, 2.24) is 4.31 Å². The van der Waals surface area contributed by atoms with Crippen molar-refractivity contribution >= 4 is 21.6 Å². The number of rotatable bonds is 3. The van der Waals surface area contributed by atoms with E-state index in [0.29, 0.717) is 19.0 Å². The van der Waals surface area contributed by atoms with E-state index in [1.807, 2.05) is 6.92 Å². The predicted molar refractivity (Wildman–Crippen MR) is 81.6 cm³/mol. The van der Waals surface area contributed by atoms with Gasteiger partial charge in [0.2, 0.25) is 10.0 Å². The van der Waals surface area contributed by atoms with Crippen LogP contribution in [0.25, 0.3) is 0 Å². The number of piperidine rings is 1. The summed E-state index contributed by atoms with van der Waals surface area (Å²) in [5, 5.41) is -0.428. The summed E-state index contributed by atoms with van der Waals surface area (Å²) in [6, 6.07) is 2.12. The summed E-state index contributed by atoms with van der Waals surface area (Å²) in [4.78, 5) is -0.308. The minimum atomic E-state index is -4.57. The summed E-state index contributed by atoms with van der Waals surface area (Å²) in [5.74, 6) is 0.0201. The third-order valence-electron chi connectivity index (χ3n) is 4.04. The second-order valence-electron chi connectivity index (χ2n) is 5.77. The Balaban J connectivity index is 2.33. The Morgan fingerprint density at radius 3 is 2.57 bits per heavy atom. The quantitative estimate of drug-likeness (QED) is 0.889. The Bertz CT molecular complexity index is 677. The molecule has 0 aliphatic carbocycles. The Labute approximate surface area is 138 Å². The van der Waals surface area contributed by atoms with Gasteiger partial charge >= 0.3 is 6.18 Å². The van der Waals surface area contributed by atoms with E-state index >= 15 is 0 Å². The molecule has 2 atom stereocenters. The van der Waals surface area contributed by atoms with Crippen molar-refractivity contribution in [3.05, 3.63) is 28.8 Å². The zero-order chi connectivity index (χ0) is 17.4. The third kappa shape index (κ3) is 3.99. The fourth-order valence-electron chi connectivity index (χ4n) is 2.65. The van der Waals surface area contributed by atoms with Crippen LogP contribution in [0.1, 0.15) is 25.3 Å². The number of benzene rings is 1. The van der Waals surface area contributed by atoms with Crippen LogP contribution in [0.2, 0.25) is 5.02 Å². The first-order chi connectivity index (χ1) is 10.5. The van der Waals surface area contributed by atoms with Gasteiger partial charge in [-0.2, -0.15) is 17.5 Å². The first kappa shape index (κ1) is 18.5. The molecule has 0 bridgehead atoms. The maximum atomic E-state index is 12.7. The minimum Gasteiger partial charge on any atom is -0.328 e. The Kier molecular flexibility index (Phi) is 5.30. The standard InChI is InChI=1S/C14H18ClF3N2O2S/c1-9(19)10-3-2-6-20(8-10)23(21,22)13-5-4-11(7-12(13)15)14(16,17)18/h4-5,7,9-10H,2-3,6,8,19H2,1H3. The average Bonchev–Trinajstić information content (AvgIpc) is 2.46. The number of hydrogen-bond acceptors (Lipinski definition) is 3. The fraction of sp³-hybridized carbons (Fsp3) is 0.571. The average molecular weight is 371 g/mol. The molecule has 1 saturated heterocycles. The van der Waals surface area contributed by atoms with Gasteiger partial charge in [-0.05, 0) is 43.9 Å². The van der Waals surface area contributed by atoms with Crippen LogP contribution < -0.4 is 5.73 Å². The summed E-state index contributed by atoms with van der Waals surface area (Å²) in [5.41, 5.74) is 4.86. The molecular weight excluding hydrogens is 353 g/mol. The van der Waals surface area contributed by atoms with E-state index in [0.717, 1.165) is 18.6 Å². The van der Waals surface area contributed by atoms with E-state index in [1.54, 1.807) is 0 Å². The molecule has 0 radical (unpaired) electrons. The van der Waals surface area contributed by atoms with E-state index in [4.69, 9.17) is 17.3 Å². The van der Waals surface area contributed by atoms with Crippen molar-refractivity contribution in [3.63, 3.8) is 0 Å². The van der Waals surface area contributed by atoms with Gasteiger partial charge in [-0.1, -0.05) is 11.6 Å². The van der Waals surface area contributed by atoms with Crippen LogP contribution in [-0.4, -0.2) is 31.9 Å². The number of nitrogens with zero attached hydrogens (tertiary/aromatic N) is 1. The second kappa shape index (κ2) is 6.58. The van der Waals surface area contributed by atoms with Gasteiger partial charge in [0.05, 0.1) is 10.6 Å². The zero-order valence-electron chi connectivity index (χ0n) is 12.5. The molecule has 4 nitrogen and oxygen atoms in total. The number of hydrogen-bond donors (Lipinski definition) is 1. The lowest BCUT2D eigenvalue weighted by molar-refractivity contribution is -0.137. The van der Waals surface area contributed by atoms with Crippen LogP contribution in [-0.2, 0) is 16.2 Å². The van der Waals surface area contributed by atoms with Crippen LogP contribution in [0.4, 0.5) is 13.2 Å². The molecule has 1 aromatic rings. The van der Waals surface area contributed by atoms with Gasteiger partial charge in [0.15, 0.2) is 0 Å². The Morgan fingerprint density at radius 1 is 1.39 bits per heavy atom. The summed E-state index contributed by atoms with van der Waals surface area (Å²) in [6.45, 7) is 2.37. The van der Waals surface area contributed by atoms with Crippen LogP contribution in [0.3, 0.4) is 0 Å². The van der Waals surface area contributed by atoms with Gasteiger partial charge in [0.25, 0.3) is 0 Å². The molecule has 2 N–H and O–H groups in total. The molecule has 1 fully saturated rings. The predicted octanol–water partition coefficient (Wildman–Crippen LogP) is 3.11. The van der Waals surface area contributed by atoms with Crippen molar-refractivity contribution in [3.8, 4) is 0 Å². The number of nitrogens with two attached hydrogens (primary N) is 1. The van der Waals surface area contributed by atoms with Crippen LogP contribution >= 0.6 is 11.6 Å². The second-order valence-corrected chi connectivity index (χ2v) is 8.08. The number of alkyl halides is 3. The van der Waals surface area contributed by atoms with Crippen molar-refractivity contribution in [1.29, 1.82) is 0 Å². The lowest BCUT2D eigenvalue weighted by Crippen LogP contribution is -2.45. The zero-order valence-corrected chi connectivity index (χ0v) is 14.0. The Morgan fingerprint density at radius 2 is 2.04 bits per heavy atom. The highest BCUT2D eigenvalue weighted by molar-refractivity contribution is 7.89. The van der Waals surface area contributed by atoms with E-state index in [1.165, 1.54) is 4.31 Å². The highest BCUT2D eigenvalue weighted by Crippen LogP contribution is 2.35. The summed E-state index contributed by atoms with van der Waals surface area (Å²) >= 11 is 5.81. The van der Waals surface area contributed by atoms with Gasteiger partial charge in [-0.25, -0.2) is 8.42 Å². The largest absolute Gasteiger partial charge is 0.416 e. The van der Waals surface area contributed by atoms with E-state index in [-0.39, 0.29) is 23.4 Å². The van der Waals surface area contributed by atoms with E-state index < -0.39 is 26.8 Å². The minimum absolute atomic E-state index is 0.0201. The fourth-order valence-corrected chi connectivity index (χ4v) is 4.70. The van der Waals surface area contributed by atoms with Gasteiger partial charge < -0.3 is 5.73 Å². The molecule has 0 saturated carbocycles. The highest BCUT2D eigenvalue weighted by Gasteiger charge is 2.35. The summed E-state index contributed by atoms with van der Waals surface area (Å²) < 4.78 is 64.5. The smallest absolute Gasteiger partial charge is 0.328 e. The molecule has 1 aliphatic rings. The molecule has 130 valence electrons. The molecule has 23 heavy (non-hydrogen) atoms. The van der Waals surface area contributed by atoms with Crippen LogP contribution in [0.5, 0.6) is 0 Å². The molecule has 1 aromatic carbocycles. The van der Waals surface area contributed by atoms with E-state index in [2.05, 4.69) is 0 Å². The van der Waals surface area contributed by atoms with Crippen molar-refractivity contribution < 1.29 is 21.6 Å². The van der Waals surface area contributed by atoms with Crippen LogP contribution in [0, 0.1) is 5.92 Å². The van der Waals surface area contributed by atoms with Crippen molar-refractivity contribution in [2.45, 2.75) is 36.9 Å². The molecule has 0 aromatic heterocycles. The molecule has 1 aliphatic heterocycles. The third-order valence-corrected chi connectivity index (χ3v) is 6.39. The monoisotopic (exact) mass is 370 g/mol. The molecule has 2 unspecified atom stereocenters. The first-order valence-electron chi connectivity index (χ1n) is 7.16. The Hall–Kier alpha value is -0.830. The molecule has 9 heteroatoms.